The van der Waals surface area contributed by atoms with Gasteiger partial charge in [-0.1, -0.05) is 0 Å². The number of hydrogen-bond donors (Lipinski definition) is 1. The number of carbonyl (C=O) groups is 1. The average molecular weight is 161 g/mol. The summed E-state index contributed by atoms with van der Waals surface area (Å²) < 4.78 is 7.84. The van der Waals surface area contributed by atoms with Crippen molar-refractivity contribution < 1.29 is 9.53 Å². The Morgan fingerprint density at radius 2 is 2.70 bits per heavy atom. The van der Waals surface area contributed by atoms with Crippen LogP contribution in [-0.2, 0) is 4.74 Å². The predicted molar refractivity (Wildman–Crippen MR) is 43.3 cm³/mol. The highest BCUT2D eigenvalue weighted by Crippen LogP contribution is 2.14. The van der Waals surface area contributed by atoms with Gasteiger partial charge in [0.1, 0.15) is 0 Å². The maximum atomic E-state index is 10.9. The maximum Gasteiger partial charge on any atom is 0.375 e. The molecule has 4 heteroatoms. The first-order valence-electron chi connectivity index (χ1n) is 3.31. The Kier molecular flexibility index (Phi) is 2.89. The monoisotopic (exact) mass is 161 g/mol. The summed E-state index contributed by atoms with van der Waals surface area (Å²) in [4.78, 5) is 10.9. The molecule has 1 N–H and O–H groups in total. The third-order valence-corrected chi connectivity index (χ3v) is 2.69. The van der Waals surface area contributed by atoms with Crippen molar-refractivity contribution in [2.75, 3.05) is 13.2 Å². The molecule has 0 spiro atoms. The van der Waals surface area contributed by atoms with E-state index in [1.165, 1.54) is 0 Å². The smallest absolute Gasteiger partial charge is 0.375 e. The third kappa shape index (κ3) is 1.82. The van der Waals surface area contributed by atoms with Gasteiger partial charge in [-0.3, -0.25) is 4.72 Å². The summed E-state index contributed by atoms with van der Waals surface area (Å²) in [7, 11) is -0.408. The van der Waals surface area contributed by atoms with Crippen LogP contribution >= 0.6 is 10.7 Å². The van der Waals surface area contributed by atoms with Gasteiger partial charge in [0, 0.05) is 6.54 Å². The van der Waals surface area contributed by atoms with E-state index >= 15 is 0 Å². The highest BCUT2D eigenvalue weighted by Gasteiger charge is 2.10. The fourth-order valence-corrected chi connectivity index (χ4v) is 2.02. The van der Waals surface area contributed by atoms with E-state index in [2.05, 4.69) is 4.72 Å². The zero-order chi connectivity index (χ0) is 7.40. The van der Waals surface area contributed by atoms with Crippen LogP contribution < -0.4 is 4.72 Å². The molecule has 0 aromatic heterocycles. The second-order valence-corrected chi connectivity index (χ2v) is 3.50. The van der Waals surface area contributed by atoms with Crippen LogP contribution in [0.2, 0.25) is 0 Å². The summed E-state index contributed by atoms with van der Waals surface area (Å²) in [6, 6.07) is 0. The van der Waals surface area contributed by atoms with Gasteiger partial charge in [-0.2, -0.15) is 0 Å². The van der Waals surface area contributed by atoms with Gasteiger partial charge in [-0.25, -0.2) is 4.79 Å². The van der Waals surface area contributed by atoms with Gasteiger partial charge in [0.15, 0.2) is 0 Å². The molecule has 3 nitrogen and oxygen atoms in total. The minimum atomic E-state index is -0.408. The summed E-state index contributed by atoms with van der Waals surface area (Å²) >= 11 is 0. The number of carbonyl (C=O) groups excluding carboxylic acids is 1. The molecule has 0 aromatic rings. The summed E-state index contributed by atoms with van der Waals surface area (Å²) in [5.74, 6) is 0. The van der Waals surface area contributed by atoms with E-state index in [1.807, 2.05) is 12.3 Å². The first-order valence-corrected chi connectivity index (χ1v) is 4.60. The molecule has 10 heavy (non-hydrogen) atoms. The van der Waals surface area contributed by atoms with E-state index < -0.39 is 10.7 Å². The first-order chi connectivity index (χ1) is 4.84. The van der Waals surface area contributed by atoms with Crippen LogP contribution in [0.25, 0.3) is 0 Å². The van der Waals surface area contributed by atoms with Gasteiger partial charge in [0.25, 0.3) is 0 Å². The molecular weight excluding hydrogens is 150 g/mol. The number of nitrogens with one attached hydrogen (secondary N) is 1. The zero-order valence-corrected chi connectivity index (χ0v) is 6.74. The standard InChI is InChI=1S/C6H11NO2S/c1-2-9-6(8)10-5-3-4-7-10/h5,7H,2-4H2,1H3. The Morgan fingerprint density at radius 3 is 3.20 bits per heavy atom. The van der Waals surface area contributed by atoms with Crippen LogP contribution in [0, 0.1) is 0 Å². The molecule has 1 heterocycles. The molecule has 0 radical (unpaired) electrons. The second kappa shape index (κ2) is 3.73. The molecule has 0 amide bonds. The molecule has 0 fully saturated rings. The van der Waals surface area contributed by atoms with Crippen molar-refractivity contribution in [2.45, 2.75) is 13.3 Å². The molecule has 0 bridgehead atoms. The fraction of sp³-hybridized carbons (Fsp3) is 0.667. The van der Waals surface area contributed by atoms with Crippen molar-refractivity contribution in [1.29, 1.82) is 0 Å². The van der Waals surface area contributed by atoms with Gasteiger partial charge in [0.05, 0.1) is 6.61 Å². The molecule has 1 unspecified atom stereocenters. The Morgan fingerprint density at radius 1 is 1.90 bits per heavy atom. The van der Waals surface area contributed by atoms with Crippen molar-refractivity contribution >= 4 is 21.3 Å². The van der Waals surface area contributed by atoms with Crippen LogP contribution in [0.3, 0.4) is 0 Å². The van der Waals surface area contributed by atoms with Gasteiger partial charge in [0.2, 0.25) is 0 Å². The SMILES string of the molecule is CCOC(=O)S1=CCCN1. The van der Waals surface area contributed by atoms with Crippen LogP contribution in [0.15, 0.2) is 0 Å². The normalized spacial score (nSPS) is 23.9. The highest BCUT2D eigenvalue weighted by atomic mass is 32.2. The van der Waals surface area contributed by atoms with Crippen LogP contribution in [0.1, 0.15) is 13.3 Å². The Balaban J connectivity index is 2.40. The highest BCUT2D eigenvalue weighted by molar-refractivity contribution is 8.26. The lowest BCUT2D eigenvalue weighted by atomic mass is 10.5. The van der Waals surface area contributed by atoms with E-state index in [-0.39, 0.29) is 5.30 Å². The van der Waals surface area contributed by atoms with E-state index in [4.69, 9.17) is 4.74 Å². The van der Waals surface area contributed by atoms with Crippen molar-refractivity contribution in [2.24, 2.45) is 0 Å². The molecule has 1 aliphatic heterocycles. The van der Waals surface area contributed by atoms with Gasteiger partial charge in [-0.15, -0.1) is 0 Å². The number of hydrogen-bond acceptors (Lipinski definition) is 3. The topological polar surface area (TPSA) is 38.3 Å². The maximum absolute atomic E-state index is 10.9. The quantitative estimate of drug-likeness (QED) is 0.462. The van der Waals surface area contributed by atoms with E-state index in [9.17, 15) is 4.79 Å². The summed E-state index contributed by atoms with van der Waals surface area (Å²) in [6.45, 7) is 3.19. The lowest BCUT2D eigenvalue weighted by Gasteiger charge is -2.02. The summed E-state index contributed by atoms with van der Waals surface area (Å²) in [5.41, 5.74) is 0. The molecule has 1 rings (SSSR count). The minimum Gasteiger partial charge on any atom is -0.457 e. The number of ether oxygens (including phenoxy) is 1. The molecule has 58 valence electrons. The lowest BCUT2D eigenvalue weighted by molar-refractivity contribution is 0.181. The lowest BCUT2D eigenvalue weighted by Crippen LogP contribution is -2.08. The van der Waals surface area contributed by atoms with E-state index in [0.717, 1.165) is 13.0 Å². The largest absolute Gasteiger partial charge is 0.457 e. The third-order valence-electron chi connectivity index (χ3n) is 1.13. The van der Waals surface area contributed by atoms with Crippen molar-refractivity contribution in [3.63, 3.8) is 0 Å². The minimum absolute atomic E-state index is 0.125. The van der Waals surface area contributed by atoms with Gasteiger partial charge in [-0.05, 0) is 29.4 Å². The van der Waals surface area contributed by atoms with Crippen LogP contribution in [0.5, 0.6) is 0 Å². The van der Waals surface area contributed by atoms with Gasteiger partial charge < -0.3 is 4.74 Å². The van der Waals surface area contributed by atoms with Gasteiger partial charge >= 0.3 is 5.30 Å². The molecule has 0 aliphatic carbocycles. The fourth-order valence-electron chi connectivity index (χ4n) is 0.713. The molecule has 1 aliphatic rings. The molecule has 0 aromatic carbocycles. The first kappa shape index (κ1) is 7.75. The van der Waals surface area contributed by atoms with Crippen molar-refractivity contribution in [3.05, 3.63) is 0 Å². The molecule has 0 saturated carbocycles. The molecule has 0 saturated heterocycles. The Labute approximate surface area is 62.8 Å². The van der Waals surface area contributed by atoms with Crippen molar-refractivity contribution in [1.82, 2.24) is 4.72 Å². The Hall–Kier alpha value is -0.350. The Bertz CT molecular complexity index is 167. The van der Waals surface area contributed by atoms with E-state index in [0.29, 0.717) is 6.61 Å². The van der Waals surface area contributed by atoms with Crippen molar-refractivity contribution in [3.8, 4) is 0 Å². The predicted octanol–water partition coefficient (Wildman–Crippen LogP) is 1.12. The average Bonchev–Trinajstić information content (AvgIpc) is 2.38. The zero-order valence-electron chi connectivity index (χ0n) is 5.92. The van der Waals surface area contributed by atoms with Crippen LogP contribution in [0.4, 0.5) is 4.79 Å². The summed E-state index contributed by atoms with van der Waals surface area (Å²) in [5, 5.41) is 1.85. The molecular formula is C6H11NO2S. The number of rotatable bonds is 1. The second-order valence-electron chi connectivity index (χ2n) is 1.87. The summed E-state index contributed by atoms with van der Waals surface area (Å²) in [6.07, 6.45) is 0.974. The molecule has 1 atom stereocenters. The van der Waals surface area contributed by atoms with E-state index in [1.54, 1.807) is 0 Å². The van der Waals surface area contributed by atoms with Crippen LogP contribution in [-0.4, -0.2) is 23.8 Å².